The van der Waals surface area contributed by atoms with Gasteiger partial charge in [-0.25, -0.2) is 0 Å². The second-order valence-electron chi connectivity index (χ2n) is 13.0. The van der Waals surface area contributed by atoms with Crippen molar-refractivity contribution in [1.82, 2.24) is 0 Å². The van der Waals surface area contributed by atoms with E-state index in [0.29, 0.717) is 39.8 Å². The van der Waals surface area contributed by atoms with Gasteiger partial charge in [0, 0.05) is 17.3 Å². The summed E-state index contributed by atoms with van der Waals surface area (Å²) >= 11 is 2.08. The number of benzene rings is 3. The number of anilines is 3. The quantitative estimate of drug-likeness (QED) is 0.0796. The van der Waals surface area contributed by atoms with Crippen LogP contribution in [0.15, 0.2) is 83.4 Å². The molecule has 1 saturated heterocycles. The van der Waals surface area contributed by atoms with Gasteiger partial charge in [0.1, 0.15) is 0 Å². The van der Waals surface area contributed by atoms with E-state index in [1.165, 1.54) is 12.0 Å². The highest BCUT2D eigenvalue weighted by atomic mass is 127. The van der Waals surface area contributed by atoms with Crippen molar-refractivity contribution in [2.75, 3.05) is 23.9 Å². The Morgan fingerprint density at radius 3 is 2.35 bits per heavy atom. The van der Waals surface area contributed by atoms with Crippen molar-refractivity contribution in [3.8, 4) is 11.5 Å². The van der Waals surface area contributed by atoms with Crippen LogP contribution in [0.2, 0.25) is 0 Å². The lowest BCUT2D eigenvalue weighted by Gasteiger charge is -2.38. The summed E-state index contributed by atoms with van der Waals surface area (Å²) in [5.74, 6) is -2.03. The first-order valence-corrected chi connectivity index (χ1v) is 17.7. The summed E-state index contributed by atoms with van der Waals surface area (Å²) in [6.07, 6.45) is 4.36. The van der Waals surface area contributed by atoms with E-state index >= 15 is 0 Å². The minimum atomic E-state index is -0.879. The Morgan fingerprint density at radius 1 is 1.04 bits per heavy atom. The number of aliphatic hydroxyl groups is 2. The molecule has 9 heteroatoms. The van der Waals surface area contributed by atoms with Crippen LogP contribution >= 0.6 is 22.6 Å². The number of imide groups is 1. The minimum absolute atomic E-state index is 0.0298. The van der Waals surface area contributed by atoms with Crippen molar-refractivity contribution in [3.63, 3.8) is 0 Å². The molecule has 0 aromatic heterocycles. The monoisotopic (exact) mass is 764 g/mol. The van der Waals surface area contributed by atoms with E-state index in [1.807, 2.05) is 62.4 Å². The van der Waals surface area contributed by atoms with Crippen LogP contribution in [-0.4, -0.2) is 47.0 Å². The van der Waals surface area contributed by atoms with E-state index in [2.05, 4.69) is 40.9 Å². The summed E-state index contributed by atoms with van der Waals surface area (Å²) in [5.41, 5.74) is 5.97. The number of nitrogens with zero attached hydrogens (tertiary/aromatic N) is 1. The Hall–Kier alpha value is -3.67. The number of amides is 2. The molecule has 1 heterocycles. The third-order valence-corrected chi connectivity index (χ3v) is 10.3. The zero-order valence-corrected chi connectivity index (χ0v) is 30.1. The fraction of sp³-hybridized carbons (Fsp3) is 0.385. The van der Waals surface area contributed by atoms with Crippen molar-refractivity contribution in [1.29, 1.82) is 0 Å². The van der Waals surface area contributed by atoms with Gasteiger partial charge in [-0.05, 0) is 114 Å². The number of hydrogen-bond acceptors (Lipinski definition) is 7. The summed E-state index contributed by atoms with van der Waals surface area (Å²) < 4.78 is 6.03. The van der Waals surface area contributed by atoms with Gasteiger partial charge >= 0.3 is 0 Å². The number of halogens is 1. The molecular formula is C39H45IN2O6. The molecule has 254 valence electrons. The first kappa shape index (κ1) is 35.6. The van der Waals surface area contributed by atoms with Crippen LogP contribution < -0.4 is 15.0 Å². The van der Waals surface area contributed by atoms with E-state index in [9.17, 15) is 24.9 Å². The number of rotatable bonds is 13. The lowest BCUT2D eigenvalue weighted by atomic mass is 9.66. The van der Waals surface area contributed by atoms with Crippen molar-refractivity contribution >= 4 is 57.5 Å². The molecule has 0 spiro atoms. The maximum Gasteiger partial charge on any atom is 0.238 e. The Balaban J connectivity index is 1.37. The Bertz CT molecular complexity index is 1680. The number of hydrogen-bond donors (Lipinski definition) is 4. The maximum absolute atomic E-state index is 14.0. The average molecular weight is 765 g/mol. The van der Waals surface area contributed by atoms with Crippen molar-refractivity contribution in [2.24, 2.45) is 23.7 Å². The standard InChI is InChI=1S/C39H45IN2O6/c1-5-9-24(18-25-19-32(40)37(45)34(20-25)48-4)12-17-33(44)35-29(23(2)3)21-30-36(31(35)22-43)39(47)42(38(30)46)28-15-13-27(14-16-28)41-26-10-7-6-8-11-26/h6-8,10-11,13-16,18-20,23,30-31,33,36,41,43-45H,5,9,12,17,21-22H2,1-4H3/b24-18+/t30-,31+,33-,36-/m1/s1. The number of ether oxygens (including phenoxy) is 1. The summed E-state index contributed by atoms with van der Waals surface area (Å²) in [5, 5.41) is 36.1. The first-order valence-electron chi connectivity index (χ1n) is 16.6. The molecule has 3 aromatic carbocycles. The van der Waals surface area contributed by atoms with Crippen LogP contribution in [0, 0.1) is 27.2 Å². The number of aromatic hydroxyl groups is 1. The lowest BCUT2D eigenvalue weighted by Crippen LogP contribution is -2.39. The predicted molar refractivity (Wildman–Crippen MR) is 198 cm³/mol. The fourth-order valence-electron chi connectivity index (χ4n) is 7.22. The molecule has 2 aliphatic rings. The van der Waals surface area contributed by atoms with Gasteiger partial charge in [0.15, 0.2) is 11.5 Å². The molecule has 8 nitrogen and oxygen atoms in total. The summed E-state index contributed by atoms with van der Waals surface area (Å²) in [6, 6.07) is 20.7. The predicted octanol–water partition coefficient (Wildman–Crippen LogP) is 7.84. The molecular weight excluding hydrogens is 719 g/mol. The zero-order chi connectivity index (χ0) is 34.5. The maximum atomic E-state index is 14.0. The summed E-state index contributed by atoms with van der Waals surface area (Å²) in [4.78, 5) is 29.2. The third kappa shape index (κ3) is 7.48. The Labute approximate surface area is 296 Å². The number of phenolic OH excluding ortho intramolecular Hbond substituents is 1. The molecule has 0 radical (unpaired) electrons. The van der Waals surface area contributed by atoms with Crippen LogP contribution in [0.1, 0.15) is 58.4 Å². The molecule has 1 aliphatic heterocycles. The number of aliphatic hydroxyl groups excluding tert-OH is 2. The Kier molecular flexibility index (Phi) is 11.7. The summed E-state index contributed by atoms with van der Waals surface area (Å²) in [6.45, 7) is 5.85. The number of fused-ring (bicyclic) bond motifs is 1. The smallest absolute Gasteiger partial charge is 0.238 e. The van der Waals surface area contributed by atoms with Gasteiger partial charge in [-0.2, -0.15) is 0 Å². The van der Waals surface area contributed by atoms with Crippen LogP contribution in [0.3, 0.4) is 0 Å². The van der Waals surface area contributed by atoms with E-state index in [4.69, 9.17) is 4.74 Å². The zero-order valence-electron chi connectivity index (χ0n) is 27.9. The van der Waals surface area contributed by atoms with E-state index in [-0.39, 0.29) is 30.1 Å². The fourth-order valence-corrected chi connectivity index (χ4v) is 7.84. The summed E-state index contributed by atoms with van der Waals surface area (Å²) in [7, 11) is 1.52. The molecule has 48 heavy (non-hydrogen) atoms. The molecule has 0 unspecified atom stereocenters. The molecule has 0 bridgehead atoms. The van der Waals surface area contributed by atoms with Crippen molar-refractivity contribution in [2.45, 2.75) is 59.0 Å². The number of para-hydroxylation sites is 1. The number of carbonyl (C=O) groups excluding carboxylic acids is 2. The molecule has 1 fully saturated rings. The molecule has 4 atom stereocenters. The molecule has 0 saturated carbocycles. The minimum Gasteiger partial charge on any atom is -0.504 e. The van der Waals surface area contributed by atoms with Gasteiger partial charge in [0.25, 0.3) is 0 Å². The van der Waals surface area contributed by atoms with Gasteiger partial charge in [-0.3, -0.25) is 14.5 Å². The highest BCUT2D eigenvalue weighted by molar-refractivity contribution is 14.1. The molecule has 3 aromatic rings. The van der Waals surface area contributed by atoms with Gasteiger partial charge in [-0.1, -0.05) is 62.6 Å². The molecule has 1 aliphatic carbocycles. The highest BCUT2D eigenvalue weighted by Crippen LogP contribution is 2.49. The number of nitrogens with one attached hydrogen (secondary N) is 1. The SMILES string of the molecule is CCC/C(=C\c1cc(I)c(O)c(OC)c1)CC[C@@H](O)C1=C(C(C)C)C[C@H]2C(=O)N(c3ccc(Nc4ccccc4)cc3)C(=O)[C@H]2[C@H]1CO. The van der Waals surface area contributed by atoms with Crippen LogP contribution in [0.25, 0.3) is 6.08 Å². The number of phenols is 1. The first-order chi connectivity index (χ1) is 23.1. The van der Waals surface area contributed by atoms with Gasteiger partial charge in [0.2, 0.25) is 11.8 Å². The number of methoxy groups -OCH3 is 1. The topological polar surface area (TPSA) is 119 Å². The lowest BCUT2D eigenvalue weighted by molar-refractivity contribution is -0.123. The van der Waals surface area contributed by atoms with Crippen molar-refractivity contribution in [3.05, 3.63) is 92.6 Å². The van der Waals surface area contributed by atoms with Crippen molar-refractivity contribution < 1.29 is 29.6 Å². The van der Waals surface area contributed by atoms with Gasteiger partial charge in [-0.15, -0.1) is 0 Å². The molecule has 2 amide bonds. The number of carbonyl (C=O) groups is 2. The second-order valence-corrected chi connectivity index (χ2v) is 14.1. The van der Waals surface area contributed by atoms with E-state index < -0.39 is 23.9 Å². The van der Waals surface area contributed by atoms with Crippen LogP contribution in [-0.2, 0) is 9.59 Å². The van der Waals surface area contributed by atoms with E-state index in [1.54, 1.807) is 18.2 Å². The number of allylic oxidation sites excluding steroid dienone is 2. The van der Waals surface area contributed by atoms with Crippen LogP contribution in [0.4, 0.5) is 17.1 Å². The second kappa shape index (κ2) is 15.7. The highest BCUT2D eigenvalue weighted by Gasteiger charge is 2.55. The molecule has 4 N–H and O–H groups in total. The van der Waals surface area contributed by atoms with Crippen LogP contribution in [0.5, 0.6) is 11.5 Å². The Morgan fingerprint density at radius 2 is 1.73 bits per heavy atom. The van der Waals surface area contributed by atoms with Gasteiger partial charge in [0.05, 0.1) is 40.9 Å². The normalized spacial score (nSPS) is 20.4. The largest absolute Gasteiger partial charge is 0.504 e. The van der Waals surface area contributed by atoms with E-state index in [0.717, 1.165) is 40.9 Å². The average Bonchev–Trinajstić information content (AvgIpc) is 3.33. The third-order valence-electron chi connectivity index (χ3n) is 9.51. The molecule has 5 rings (SSSR count). The van der Waals surface area contributed by atoms with Gasteiger partial charge < -0.3 is 25.4 Å².